The molecule has 1 atom stereocenters. The molecule has 13 heavy (non-hydrogen) atoms. The Morgan fingerprint density at radius 1 is 1.62 bits per heavy atom. The van der Waals surface area contributed by atoms with Gasteiger partial charge >= 0.3 is 0 Å². The van der Waals surface area contributed by atoms with Gasteiger partial charge < -0.3 is 4.98 Å². The van der Waals surface area contributed by atoms with E-state index < -0.39 is 0 Å². The summed E-state index contributed by atoms with van der Waals surface area (Å²) >= 11 is 0. The topological polar surface area (TPSA) is 54.5 Å². The number of hydrogen-bond donors (Lipinski definition) is 1. The lowest BCUT2D eigenvalue weighted by Crippen LogP contribution is -1.93. The predicted octanol–water partition coefficient (Wildman–Crippen LogP) is 2.11. The molecule has 0 aliphatic rings. The largest absolute Gasteiger partial charge is 0.340 e. The minimum Gasteiger partial charge on any atom is -0.340 e. The van der Waals surface area contributed by atoms with E-state index in [2.05, 4.69) is 34.0 Å². The summed E-state index contributed by atoms with van der Waals surface area (Å²) in [4.78, 5) is 7.59. The summed E-state index contributed by atoms with van der Waals surface area (Å²) in [5.74, 6) is 1.45. The van der Waals surface area contributed by atoms with E-state index in [9.17, 15) is 0 Å². The Hall–Kier alpha value is -1.45. The average Bonchev–Trinajstić information content (AvgIpc) is 2.59. The van der Waals surface area contributed by atoms with E-state index in [0.717, 1.165) is 17.8 Å². The maximum Gasteiger partial charge on any atom is 0.199 e. The van der Waals surface area contributed by atoms with Gasteiger partial charge in [-0.2, -0.15) is 5.10 Å². The fourth-order valence-electron chi connectivity index (χ4n) is 1.21. The Kier molecular flexibility index (Phi) is 1.96. The summed E-state index contributed by atoms with van der Waals surface area (Å²) in [7, 11) is 0. The second-order valence-electron chi connectivity index (χ2n) is 3.20. The second-order valence-corrected chi connectivity index (χ2v) is 3.20. The van der Waals surface area contributed by atoms with Gasteiger partial charge in [-0.3, -0.25) is 0 Å². The first-order valence-corrected chi connectivity index (χ1v) is 4.48. The number of aromatic nitrogens is 4. The molecule has 4 heteroatoms. The van der Waals surface area contributed by atoms with Crippen LogP contribution in [-0.2, 0) is 0 Å². The Morgan fingerprint density at radius 3 is 3.15 bits per heavy atom. The number of rotatable bonds is 2. The fraction of sp³-hybridized carbons (Fsp3) is 0.444. The van der Waals surface area contributed by atoms with Gasteiger partial charge in [-0.25, -0.2) is 4.98 Å². The Morgan fingerprint density at radius 2 is 2.46 bits per heavy atom. The molecule has 0 aliphatic heterocycles. The highest BCUT2D eigenvalue weighted by Crippen LogP contribution is 2.17. The Labute approximate surface area is 77.9 Å². The van der Waals surface area contributed by atoms with Crippen LogP contribution in [0.4, 0.5) is 0 Å². The molecule has 0 bridgehead atoms. The van der Waals surface area contributed by atoms with Crippen LogP contribution < -0.4 is 0 Å². The highest BCUT2D eigenvalue weighted by molar-refractivity contribution is 5.69. The zero-order valence-corrected chi connectivity index (χ0v) is 7.78. The molecule has 0 saturated carbocycles. The van der Waals surface area contributed by atoms with Gasteiger partial charge in [0, 0.05) is 7.34 Å². The van der Waals surface area contributed by atoms with Crippen molar-refractivity contribution in [2.75, 3.05) is 0 Å². The van der Waals surface area contributed by atoms with Crippen molar-refractivity contribution in [2.24, 2.45) is 0 Å². The van der Waals surface area contributed by atoms with Crippen LogP contribution in [0.5, 0.6) is 0 Å². The zero-order valence-electron chi connectivity index (χ0n) is 7.78. The smallest absolute Gasteiger partial charge is 0.199 e. The normalized spacial score (nSPS) is 13.4. The summed E-state index contributed by atoms with van der Waals surface area (Å²) < 4.78 is 0. The second kappa shape index (κ2) is 3.12. The van der Waals surface area contributed by atoms with E-state index in [1.165, 1.54) is 0 Å². The molecule has 70 valence electrons. The average molecular weight is 178 g/mol. The number of nitrogens with one attached hydrogen (secondary N) is 1. The van der Waals surface area contributed by atoms with Crippen molar-refractivity contribution in [1.29, 1.82) is 0 Å². The third-order valence-corrected chi connectivity index (χ3v) is 2.27. The van der Waals surface area contributed by atoms with Crippen molar-refractivity contribution in [2.45, 2.75) is 26.2 Å². The molecule has 0 radical (unpaired) electrons. The van der Waals surface area contributed by atoms with Crippen LogP contribution in [0.2, 0.25) is 0 Å². The molecule has 2 heterocycles. The predicted molar refractivity (Wildman–Crippen MR) is 52.5 cm³/mol. The van der Waals surface area contributed by atoms with Crippen LogP contribution in [0, 0.1) is 0 Å². The minimum atomic E-state index is 0. The van der Waals surface area contributed by atoms with Gasteiger partial charge in [-0.1, -0.05) is 13.8 Å². The van der Waals surface area contributed by atoms with E-state index in [1.807, 2.05) is 6.07 Å². The zero-order chi connectivity index (χ0) is 9.26. The molecular weight excluding hydrogens is 164 g/mol. The maximum atomic E-state index is 4.35. The standard InChI is InChI=1S/C9H12N4.H2/c1-3-6(2)8-11-7-4-5-10-13-9(7)12-8;/h4-6H,3H2,1-2H3,(H,11,12,13);1H. The van der Waals surface area contributed by atoms with E-state index >= 15 is 0 Å². The van der Waals surface area contributed by atoms with Gasteiger partial charge in [-0.05, 0) is 12.5 Å². The highest BCUT2D eigenvalue weighted by atomic mass is 15.1. The molecule has 2 aromatic heterocycles. The number of aromatic amines is 1. The number of imidazole rings is 1. The first-order chi connectivity index (χ1) is 6.31. The van der Waals surface area contributed by atoms with Gasteiger partial charge in [0.25, 0.3) is 0 Å². The van der Waals surface area contributed by atoms with Crippen LogP contribution in [0.1, 0.15) is 33.4 Å². The first kappa shape index (κ1) is 8.16. The lowest BCUT2D eigenvalue weighted by atomic mass is 10.1. The van der Waals surface area contributed by atoms with Crippen LogP contribution in [0.15, 0.2) is 12.3 Å². The van der Waals surface area contributed by atoms with Crippen LogP contribution >= 0.6 is 0 Å². The summed E-state index contributed by atoms with van der Waals surface area (Å²) in [6.45, 7) is 4.29. The van der Waals surface area contributed by atoms with Crippen molar-refractivity contribution in [3.8, 4) is 0 Å². The third kappa shape index (κ3) is 1.39. The highest BCUT2D eigenvalue weighted by Gasteiger charge is 2.08. The van der Waals surface area contributed by atoms with Crippen LogP contribution in [0.25, 0.3) is 11.2 Å². The molecule has 0 saturated heterocycles. The van der Waals surface area contributed by atoms with Crippen molar-refractivity contribution < 1.29 is 1.43 Å². The summed E-state index contributed by atoms with van der Waals surface area (Å²) in [5, 5.41) is 7.71. The monoisotopic (exact) mass is 178 g/mol. The number of fused-ring (bicyclic) bond motifs is 1. The van der Waals surface area contributed by atoms with Gasteiger partial charge in [0.1, 0.15) is 5.82 Å². The minimum absolute atomic E-state index is 0. The molecule has 2 rings (SSSR count). The molecule has 0 amide bonds. The molecule has 2 aromatic rings. The third-order valence-electron chi connectivity index (χ3n) is 2.27. The number of nitrogens with zero attached hydrogens (tertiary/aromatic N) is 3. The SMILES string of the molecule is CCC(C)c1nc2nnccc2[nH]1.[HH]. The van der Waals surface area contributed by atoms with Crippen molar-refractivity contribution in [3.63, 3.8) is 0 Å². The van der Waals surface area contributed by atoms with Gasteiger partial charge in [-0.15, -0.1) is 5.10 Å². The lowest BCUT2D eigenvalue weighted by Gasteiger charge is -2.01. The van der Waals surface area contributed by atoms with E-state index in [1.54, 1.807) is 6.20 Å². The molecule has 0 fully saturated rings. The Balaban J connectivity index is 0.000000980. The lowest BCUT2D eigenvalue weighted by molar-refractivity contribution is 0.691. The molecular formula is C9H14N4. The fourth-order valence-corrected chi connectivity index (χ4v) is 1.21. The molecule has 0 aromatic carbocycles. The molecule has 0 aliphatic carbocycles. The molecule has 4 nitrogen and oxygen atoms in total. The summed E-state index contributed by atoms with van der Waals surface area (Å²) in [5.41, 5.74) is 1.67. The van der Waals surface area contributed by atoms with Crippen molar-refractivity contribution in [3.05, 3.63) is 18.1 Å². The van der Waals surface area contributed by atoms with Crippen LogP contribution in [0.3, 0.4) is 0 Å². The maximum absolute atomic E-state index is 4.35. The number of H-pyrrole nitrogens is 1. The first-order valence-electron chi connectivity index (χ1n) is 4.48. The van der Waals surface area contributed by atoms with Crippen molar-refractivity contribution in [1.82, 2.24) is 20.2 Å². The molecule has 1 unspecified atom stereocenters. The van der Waals surface area contributed by atoms with Gasteiger partial charge in [0.15, 0.2) is 5.65 Å². The van der Waals surface area contributed by atoms with E-state index in [-0.39, 0.29) is 1.43 Å². The Bertz CT molecular complexity index is 379. The summed E-state index contributed by atoms with van der Waals surface area (Å²) in [6, 6.07) is 1.89. The van der Waals surface area contributed by atoms with E-state index in [4.69, 9.17) is 0 Å². The summed E-state index contributed by atoms with van der Waals surface area (Å²) in [6.07, 6.45) is 2.74. The van der Waals surface area contributed by atoms with Gasteiger partial charge in [0.2, 0.25) is 0 Å². The van der Waals surface area contributed by atoms with E-state index in [0.29, 0.717) is 11.6 Å². The van der Waals surface area contributed by atoms with Gasteiger partial charge in [0.05, 0.1) is 11.7 Å². The molecule has 1 N–H and O–H groups in total. The quantitative estimate of drug-likeness (QED) is 0.766. The molecule has 0 spiro atoms. The van der Waals surface area contributed by atoms with Crippen LogP contribution in [-0.4, -0.2) is 20.2 Å². The van der Waals surface area contributed by atoms with Crippen molar-refractivity contribution >= 4 is 11.2 Å². The number of hydrogen-bond acceptors (Lipinski definition) is 3.